The predicted molar refractivity (Wildman–Crippen MR) is 72.6 cm³/mol. The molecule has 0 unspecified atom stereocenters. The zero-order valence-corrected chi connectivity index (χ0v) is 11.7. The number of aliphatic hydroxyl groups is 1. The Morgan fingerprint density at radius 3 is 2.94 bits per heavy atom. The summed E-state index contributed by atoms with van der Waals surface area (Å²) in [7, 11) is 0. The van der Waals surface area contributed by atoms with Crippen LogP contribution in [0.2, 0.25) is 4.34 Å². The second-order valence-corrected chi connectivity index (χ2v) is 6.83. The zero-order valence-electron chi connectivity index (χ0n) is 9.26. The summed E-state index contributed by atoms with van der Waals surface area (Å²) in [4.78, 5) is 14.7. The van der Waals surface area contributed by atoms with Gasteiger partial charge in [0.25, 0.3) is 0 Å². The van der Waals surface area contributed by atoms with E-state index >= 15 is 0 Å². The van der Waals surface area contributed by atoms with Crippen LogP contribution in [0.1, 0.15) is 4.88 Å². The number of carbonyl (C=O) groups excluding carboxylic acids is 1. The molecule has 1 saturated heterocycles. The fourth-order valence-corrected chi connectivity index (χ4v) is 3.77. The molecular formula is C11H14ClNO2S2. The van der Waals surface area contributed by atoms with E-state index in [9.17, 15) is 4.79 Å². The van der Waals surface area contributed by atoms with Gasteiger partial charge in [-0.3, -0.25) is 4.79 Å². The van der Waals surface area contributed by atoms with Gasteiger partial charge in [-0.2, -0.15) is 0 Å². The van der Waals surface area contributed by atoms with Gasteiger partial charge in [0.2, 0.25) is 5.91 Å². The highest BCUT2D eigenvalue weighted by atomic mass is 35.5. The molecular weight excluding hydrogens is 278 g/mol. The van der Waals surface area contributed by atoms with Crippen molar-refractivity contribution in [2.75, 3.05) is 25.4 Å². The number of nitrogens with zero attached hydrogens (tertiary/aromatic N) is 1. The number of likely N-dealkylation sites (tertiary alicyclic amines) is 1. The van der Waals surface area contributed by atoms with Gasteiger partial charge in [-0.15, -0.1) is 23.1 Å². The van der Waals surface area contributed by atoms with E-state index in [1.165, 1.54) is 4.88 Å². The molecule has 1 aromatic heterocycles. The molecule has 94 valence electrons. The Balaban J connectivity index is 1.64. The van der Waals surface area contributed by atoms with E-state index in [-0.39, 0.29) is 12.5 Å². The maximum Gasteiger partial charge on any atom is 0.232 e. The highest BCUT2D eigenvalue weighted by molar-refractivity contribution is 7.99. The van der Waals surface area contributed by atoms with Crippen LogP contribution >= 0.6 is 34.7 Å². The molecule has 6 heteroatoms. The van der Waals surface area contributed by atoms with E-state index in [1.54, 1.807) is 28.0 Å². The maximum absolute atomic E-state index is 11.7. The average molecular weight is 292 g/mol. The third-order valence-electron chi connectivity index (χ3n) is 2.67. The highest BCUT2D eigenvalue weighted by Crippen LogP contribution is 2.25. The van der Waals surface area contributed by atoms with Crippen LogP contribution < -0.4 is 0 Å². The Bertz CT molecular complexity index is 391. The van der Waals surface area contributed by atoms with Crippen LogP contribution in [0.25, 0.3) is 0 Å². The molecule has 1 N–H and O–H groups in total. The zero-order chi connectivity index (χ0) is 12.3. The second kappa shape index (κ2) is 6.09. The van der Waals surface area contributed by atoms with Crippen molar-refractivity contribution in [2.45, 2.75) is 5.75 Å². The molecule has 0 radical (unpaired) electrons. The summed E-state index contributed by atoms with van der Waals surface area (Å²) < 4.78 is 0.792. The molecule has 0 saturated carbocycles. The number of thioether (sulfide) groups is 1. The number of rotatable bonds is 5. The molecule has 0 aromatic carbocycles. The lowest BCUT2D eigenvalue weighted by atomic mass is 10.0. The van der Waals surface area contributed by atoms with Gasteiger partial charge in [0, 0.05) is 36.2 Å². The standard InChI is InChI=1S/C11H14ClNO2S2/c12-10-2-1-9(17-10)6-16-7-11(15)13-3-8(4-13)5-14/h1-2,8,14H,3-7H2. The lowest BCUT2D eigenvalue weighted by Gasteiger charge is -2.38. The second-order valence-electron chi connectivity index (χ2n) is 4.05. The fourth-order valence-electron chi connectivity index (χ4n) is 1.65. The molecule has 1 fully saturated rings. The molecule has 2 heterocycles. The summed E-state index contributed by atoms with van der Waals surface area (Å²) in [6.45, 7) is 1.60. The molecule has 0 aliphatic carbocycles. The summed E-state index contributed by atoms with van der Waals surface area (Å²) in [6, 6.07) is 3.88. The molecule has 17 heavy (non-hydrogen) atoms. The molecule has 1 aliphatic heterocycles. The Morgan fingerprint density at radius 1 is 1.59 bits per heavy atom. The van der Waals surface area contributed by atoms with E-state index in [0.29, 0.717) is 24.8 Å². The third-order valence-corrected chi connectivity index (χ3v) is 5.05. The normalized spacial score (nSPS) is 16.0. The van der Waals surface area contributed by atoms with E-state index in [1.807, 2.05) is 12.1 Å². The van der Waals surface area contributed by atoms with E-state index < -0.39 is 0 Å². The van der Waals surface area contributed by atoms with Gasteiger partial charge < -0.3 is 10.0 Å². The van der Waals surface area contributed by atoms with Crippen molar-refractivity contribution >= 4 is 40.6 Å². The van der Waals surface area contributed by atoms with Crippen molar-refractivity contribution in [3.8, 4) is 0 Å². The largest absolute Gasteiger partial charge is 0.396 e. The molecule has 0 atom stereocenters. The van der Waals surface area contributed by atoms with Crippen molar-refractivity contribution in [3.05, 3.63) is 21.3 Å². The number of halogens is 1. The van der Waals surface area contributed by atoms with Crippen LogP contribution in [-0.2, 0) is 10.5 Å². The van der Waals surface area contributed by atoms with Crippen molar-refractivity contribution in [1.29, 1.82) is 0 Å². The SMILES string of the molecule is O=C(CSCc1ccc(Cl)s1)N1CC(CO)C1. The van der Waals surface area contributed by atoms with Crippen molar-refractivity contribution in [2.24, 2.45) is 5.92 Å². The third kappa shape index (κ3) is 3.61. The van der Waals surface area contributed by atoms with Gasteiger partial charge in [-0.25, -0.2) is 0 Å². The van der Waals surface area contributed by atoms with Crippen molar-refractivity contribution in [1.82, 2.24) is 4.90 Å². The van der Waals surface area contributed by atoms with Crippen LogP contribution in [0, 0.1) is 5.92 Å². The minimum Gasteiger partial charge on any atom is -0.396 e. The molecule has 1 aliphatic rings. The topological polar surface area (TPSA) is 40.5 Å². The van der Waals surface area contributed by atoms with Gasteiger partial charge in [-0.1, -0.05) is 11.6 Å². The van der Waals surface area contributed by atoms with E-state index in [0.717, 1.165) is 10.1 Å². The fraction of sp³-hybridized carbons (Fsp3) is 0.545. The van der Waals surface area contributed by atoms with Crippen LogP contribution in [0.5, 0.6) is 0 Å². The van der Waals surface area contributed by atoms with E-state index in [2.05, 4.69) is 0 Å². The number of hydrogen-bond donors (Lipinski definition) is 1. The molecule has 2 rings (SSSR count). The summed E-state index contributed by atoms with van der Waals surface area (Å²) in [5, 5.41) is 8.86. The summed E-state index contributed by atoms with van der Waals surface area (Å²) in [5.74, 6) is 1.80. The number of carbonyl (C=O) groups is 1. The van der Waals surface area contributed by atoms with Gasteiger partial charge in [-0.05, 0) is 12.1 Å². The Morgan fingerprint density at radius 2 is 2.35 bits per heavy atom. The van der Waals surface area contributed by atoms with Gasteiger partial charge in [0.15, 0.2) is 0 Å². The first-order valence-electron chi connectivity index (χ1n) is 5.39. The minimum absolute atomic E-state index is 0.169. The number of aliphatic hydroxyl groups excluding tert-OH is 1. The quantitative estimate of drug-likeness (QED) is 0.903. The van der Waals surface area contributed by atoms with Gasteiger partial charge in [0.05, 0.1) is 10.1 Å². The van der Waals surface area contributed by atoms with Crippen LogP contribution in [0.15, 0.2) is 12.1 Å². The minimum atomic E-state index is 0.169. The Labute approximate surface area is 114 Å². The summed E-state index contributed by atoms with van der Waals surface area (Å²) >= 11 is 9.00. The van der Waals surface area contributed by atoms with Gasteiger partial charge >= 0.3 is 0 Å². The first kappa shape index (κ1) is 13.2. The van der Waals surface area contributed by atoms with Crippen LogP contribution in [0.4, 0.5) is 0 Å². The monoisotopic (exact) mass is 291 g/mol. The van der Waals surface area contributed by atoms with Crippen LogP contribution in [-0.4, -0.2) is 41.4 Å². The molecule has 1 amide bonds. The highest BCUT2D eigenvalue weighted by Gasteiger charge is 2.29. The molecule has 0 bridgehead atoms. The van der Waals surface area contributed by atoms with Crippen LogP contribution in [0.3, 0.4) is 0 Å². The number of thiophene rings is 1. The van der Waals surface area contributed by atoms with E-state index in [4.69, 9.17) is 16.7 Å². The lowest BCUT2D eigenvalue weighted by molar-refractivity contribution is -0.135. The molecule has 3 nitrogen and oxygen atoms in total. The Kier molecular flexibility index (Phi) is 4.73. The lowest BCUT2D eigenvalue weighted by Crippen LogP contribution is -2.51. The number of hydrogen-bond acceptors (Lipinski definition) is 4. The average Bonchev–Trinajstić information content (AvgIpc) is 2.63. The first-order valence-corrected chi connectivity index (χ1v) is 7.74. The molecule has 1 aromatic rings. The first-order chi connectivity index (χ1) is 8.19. The Hall–Kier alpha value is -0.230. The molecule has 0 spiro atoms. The summed E-state index contributed by atoms with van der Waals surface area (Å²) in [5.41, 5.74) is 0. The van der Waals surface area contributed by atoms with Crippen molar-refractivity contribution < 1.29 is 9.90 Å². The predicted octanol–water partition coefficient (Wildman–Crippen LogP) is 2.09. The smallest absolute Gasteiger partial charge is 0.232 e. The summed E-state index contributed by atoms with van der Waals surface area (Å²) in [6.07, 6.45) is 0. The number of amides is 1. The van der Waals surface area contributed by atoms with Crippen molar-refractivity contribution in [3.63, 3.8) is 0 Å². The van der Waals surface area contributed by atoms with Gasteiger partial charge in [0.1, 0.15) is 0 Å². The maximum atomic E-state index is 11.7.